The van der Waals surface area contributed by atoms with Crippen LogP contribution in [-0.4, -0.2) is 29.9 Å². The van der Waals surface area contributed by atoms with Gasteiger partial charge in [0.1, 0.15) is 18.5 Å². The molecule has 0 saturated carbocycles. The molecule has 0 amide bonds. The van der Waals surface area contributed by atoms with Crippen LogP contribution in [0.4, 0.5) is 0 Å². The molecule has 1 atom stereocenters. The third kappa shape index (κ3) is 9.31. The maximum absolute atomic E-state index is 10.2. The number of para-hydroxylation sites is 1. The van der Waals surface area contributed by atoms with Crippen LogP contribution in [0.2, 0.25) is 0 Å². The van der Waals surface area contributed by atoms with Gasteiger partial charge in [0, 0.05) is 12.1 Å². The molecule has 0 fully saturated rings. The van der Waals surface area contributed by atoms with E-state index in [4.69, 9.17) is 4.74 Å². The van der Waals surface area contributed by atoms with Gasteiger partial charge in [0.15, 0.2) is 0 Å². The van der Waals surface area contributed by atoms with Crippen molar-refractivity contribution >= 4 is 12.4 Å². The molecule has 1 unspecified atom stereocenters. The second-order valence-corrected chi connectivity index (χ2v) is 8.07. The Morgan fingerprint density at radius 1 is 1.21 bits per heavy atom. The molecule has 1 aromatic rings. The number of aliphatic hydroxyl groups excluding tert-OH is 1. The lowest BCUT2D eigenvalue weighted by Gasteiger charge is -2.34. The van der Waals surface area contributed by atoms with Crippen molar-refractivity contribution in [3.63, 3.8) is 0 Å². The second kappa shape index (κ2) is 10.1. The number of halogens is 1. The fourth-order valence-electron chi connectivity index (χ4n) is 3.00. The minimum absolute atomic E-state index is 0. The molecule has 0 saturated heterocycles. The van der Waals surface area contributed by atoms with E-state index >= 15 is 0 Å². The Hall–Kier alpha value is -1.03. The van der Waals surface area contributed by atoms with Crippen molar-refractivity contribution < 1.29 is 9.84 Å². The first-order valence-electron chi connectivity index (χ1n) is 8.38. The van der Waals surface area contributed by atoms with Gasteiger partial charge in [-0.05, 0) is 43.7 Å². The van der Waals surface area contributed by atoms with E-state index in [9.17, 15) is 5.11 Å². The number of nitrogens with one attached hydrogen (secondary N) is 1. The summed E-state index contributed by atoms with van der Waals surface area (Å²) in [4.78, 5) is 0. The third-order valence-electron chi connectivity index (χ3n) is 3.56. The fraction of sp³-hybridized carbons (Fsp3) is 0.600. The number of benzene rings is 1. The highest BCUT2D eigenvalue weighted by Gasteiger charge is 2.25. The van der Waals surface area contributed by atoms with Crippen molar-refractivity contribution in [1.29, 1.82) is 0 Å². The summed E-state index contributed by atoms with van der Waals surface area (Å²) in [5.41, 5.74) is 1.33. The van der Waals surface area contributed by atoms with Crippen LogP contribution in [0.3, 0.4) is 0 Å². The molecule has 0 bridgehead atoms. The van der Waals surface area contributed by atoms with Crippen molar-refractivity contribution in [3.05, 3.63) is 42.5 Å². The van der Waals surface area contributed by atoms with Gasteiger partial charge in [0.2, 0.25) is 0 Å². The summed E-state index contributed by atoms with van der Waals surface area (Å²) in [6, 6.07) is 7.88. The van der Waals surface area contributed by atoms with E-state index in [0.29, 0.717) is 6.54 Å². The van der Waals surface area contributed by atoms with Crippen LogP contribution in [0, 0.1) is 5.41 Å². The Balaban J connectivity index is 0.00000529. The van der Waals surface area contributed by atoms with Gasteiger partial charge in [-0.2, -0.15) is 0 Å². The van der Waals surface area contributed by atoms with Gasteiger partial charge in [0.25, 0.3) is 0 Å². The van der Waals surface area contributed by atoms with Gasteiger partial charge in [0.05, 0.1) is 0 Å². The van der Waals surface area contributed by atoms with Crippen LogP contribution in [0.5, 0.6) is 5.75 Å². The van der Waals surface area contributed by atoms with E-state index in [-0.39, 0.29) is 30.0 Å². The van der Waals surface area contributed by atoms with Gasteiger partial charge < -0.3 is 15.2 Å². The van der Waals surface area contributed by atoms with Crippen LogP contribution < -0.4 is 10.1 Å². The number of hydrogen-bond acceptors (Lipinski definition) is 3. The number of aliphatic hydroxyl groups is 1. The number of rotatable bonds is 9. The first-order chi connectivity index (χ1) is 10.6. The van der Waals surface area contributed by atoms with Crippen LogP contribution in [0.1, 0.15) is 46.6 Å². The third-order valence-corrected chi connectivity index (χ3v) is 3.56. The van der Waals surface area contributed by atoms with Crippen LogP contribution >= 0.6 is 12.4 Å². The summed E-state index contributed by atoms with van der Waals surface area (Å²) in [6.45, 7) is 15.6. The molecule has 0 aromatic heterocycles. The molecule has 0 heterocycles. The maximum Gasteiger partial charge on any atom is 0.122 e. The molecular formula is C20H34ClNO2. The molecule has 4 heteroatoms. The molecular weight excluding hydrogens is 322 g/mol. The number of β-amino-alcohol motifs (C(OH)–C–C–N with tert-alkyl or cyclic N) is 1. The van der Waals surface area contributed by atoms with Gasteiger partial charge >= 0.3 is 0 Å². The molecule has 0 radical (unpaired) electrons. The number of hydrogen-bond donors (Lipinski definition) is 2. The molecule has 1 aromatic carbocycles. The summed E-state index contributed by atoms with van der Waals surface area (Å²) in [5, 5.41) is 13.6. The van der Waals surface area contributed by atoms with E-state index in [1.165, 1.54) is 0 Å². The van der Waals surface area contributed by atoms with E-state index in [1.54, 1.807) is 0 Å². The van der Waals surface area contributed by atoms with Gasteiger partial charge in [-0.15, -0.1) is 19.0 Å². The zero-order valence-electron chi connectivity index (χ0n) is 15.8. The molecule has 138 valence electrons. The molecule has 0 spiro atoms. The molecule has 0 aliphatic rings. The van der Waals surface area contributed by atoms with E-state index < -0.39 is 6.10 Å². The Kier molecular flexibility index (Phi) is 9.64. The zero-order valence-corrected chi connectivity index (χ0v) is 16.6. The Morgan fingerprint density at radius 3 is 2.42 bits per heavy atom. The average Bonchev–Trinajstić information content (AvgIpc) is 2.42. The molecule has 3 nitrogen and oxygen atoms in total. The average molecular weight is 356 g/mol. The summed E-state index contributed by atoms with van der Waals surface area (Å²) in [5.74, 6) is 0.820. The molecule has 1 rings (SSSR count). The molecule has 24 heavy (non-hydrogen) atoms. The highest BCUT2D eigenvalue weighted by atomic mass is 35.5. The second-order valence-electron chi connectivity index (χ2n) is 8.07. The molecule has 0 aliphatic heterocycles. The maximum atomic E-state index is 10.2. The van der Waals surface area contributed by atoms with Crippen molar-refractivity contribution in [2.45, 2.75) is 59.1 Å². The van der Waals surface area contributed by atoms with Gasteiger partial charge in [-0.3, -0.25) is 0 Å². The lowest BCUT2D eigenvalue weighted by molar-refractivity contribution is 0.0940. The topological polar surface area (TPSA) is 41.5 Å². The Labute approximate surface area is 153 Å². The van der Waals surface area contributed by atoms with E-state index in [2.05, 4.69) is 46.5 Å². The predicted molar refractivity (Wildman–Crippen MR) is 105 cm³/mol. The Morgan fingerprint density at radius 2 is 1.83 bits per heavy atom. The lowest BCUT2D eigenvalue weighted by atomic mass is 9.82. The number of ether oxygens (including phenoxy) is 1. The van der Waals surface area contributed by atoms with E-state index in [0.717, 1.165) is 24.2 Å². The van der Waals surface area contributed by atoms with Crippen LogP contribution in [0.15, 0.2) is 36.9 Å². The smallest absolute Gasteiger partial charge is 0.122 e. The zero-order chi connectivity index (χ0) is 17.5. The summed E-state index contributed by atoms with van der Waals surface area (Å²) >= 11 is 0. The highest BCUT2D eigenvalue weighted by Crippen LogP contribution is 2.26. The van der Waals surface area contributed by atoms with Crippen LogP contribution in [-0.2, 0) is 6.42 Å². The minimum Gasteiger partial charge on any atom is -0.491 e. The fourth-order valence-corrected chi connectivity index (χ4v) is 3.00. The van der Waals surface area contributed by atoms with Crippen molar-refractivity contribution in [3.8, 4) is 5.75 Å². The highest BCUT2D eigenvalue weighted by molar-refractivity contribution is 5.85. The Bertz CT molecular complexity index is 495. The first kappa shape index (κ1) is 23.0. The number of allylic oxidation sites excluding steroid dienone is 1. The summed E-state index contributed by atoms with van der Waals surface area (Å²) in [6.07, 6.45) is 3.12. The summed E-state index contributed by atoms with van der Waals surface area (Å²) < 4.78 is 5.78. The predicted octanol–water partition coefficient (Wildman–Crippen LogP) is 4.38. The normalized spacial score (nSPS) is 13.1. The molecule has 0 aliphatic carbocycles. The van der Waals surface area contributed by atoms with Crippen molar-refractivity contribution in [1.82, 2.24) is 5.32 Å². The van der Waals surface area contributed by atoms with Gasteiger partial charge in [-0.25, -0.2) is 0 Å². The first-order valence-corrected chi connectivity index (χ1v) is 8.38. The van der Waals surface area contributed by atoms with Crippen LogP contribution in [0.25, 0.3) is 0 Å². The monoisotopic (exact) mass is 355 g/mol. The molecule has 2 N–H and O–H groups in total. The lowest BCUT2D eigenvalue weighted by Crippen LogP contribution is -2.46. The summed E-state index contributed by atoms with van der Waals surface area (Å²) in [7, 11) is 0. The largest absolute Gasteiger partial charge is 0.491 e. The van der Waals surface area contributed by atoms with Crippen molar-refractivity contribution in [2.24, 2.45) is 5.41 Å². The standard InChI is InChI=1S/C20H33NO2.ClH/c1-7-10-16-11-8-9-12-18(16)23-14-17(22)13-21-20(5,6)15-19(2,3)4;/h7-9,11-12,17,21-22H,1,10,13-15H2,2-6H3;1H. The SMILES string of the molecule is C=CCc1ccccc1OCC(O)CNC(C)(C)CC(C)(C)C.Cl. The van der Waals surface area contributed by atoms with Gasteiger partial charge in [-0.1, -0.05) is 45.0 Å². The van der Waals surface area contributed by atoms with Crippen molar-refractivity contribution in [2.75, 3.05) is 13.2 Å². The quantitative estimate of drug-likeness (QED) is 0.646. The minimum atomic E-state index is -0.536. The van der Waals surface area contributed by atoms with E-state index in [1.807, 2.05) is 30.3 Å².